The van der Waals surface area contributed by atoms with E-state index >= 15 is 8.78 Å². The Morgan fingerprint density at radius 2 is 1.69 bits per heavy atom. The number of rotatable bonds is 13. The Morgan fingerprint density at radius 1 is 1.00 bits per heavy atom. The second-order valence-electron chi connectivity index (χ2n) is 13.5. The van der Waals surface area contributed by atoms with Gasteiger partial charge in [0.2, 0.25) is 5.91 Å². The van der Waals surface area contributed by atoms with E-state index in [0.717, 1.165) is 30.3 Å². The second-order valence-corrected chi connectivity index (χ2v) is 15.2. The number of nitrogens with zero attached hydrogens (tertiary/aromatic N) is 3. The Hall–Kier alpha value is -5.71. The molecule has 2 amide bonds. The molecule has 4 aromatic rings. The number of ether oxygens (including phenoxy) is 1. The molecule has 286 valence electrons. The van der Waals surface area contributed by atoms with Crippen LogP contribution in [0.4, 0.5) is 20.2 Å². The van der Waals surface area contributed by atoms with Crippen molar-refractivity contribution < 1.29 is 36.3 Å². The number of hydrogen-bond donors (Lipinski definition) is 3. The Morgan fingerprint density at radius 3 is 2.31 bits per heavy atom. The molecule has 17 heteroatoms. The van der Waals surface area contributed by atoms with E-state index in [-0.39, 0.29) is 41.5 Å². The van der Waals surface area contributed by atoms with Crippen molar-refractivity contribution in [2.75, 3.05) is 16.6 Å². The Kier molecular flexibility index (Phi) is 12.1. The summed E-state index contributed by atoms with van der Waals surface area (Å²) in [6.45, 7) is 5.13. The van der Waals surface area contributed by atoms with E-state index in [1.807, 2.05) is 4.72 Å². The highest BCUT2D eigenvalue weighted by Crippen LogP contribution is 2.27. The minimum atomic E-state index is -4.43. The lowest BCUT2D eigenvalue weighted by atomic mass is 10.1. The number of hydrogen-bond acceptors (Lipinski definition) is 9. The summed E-state index contributed by atoms with van der Waals surface area (Å²) >= 11 is 0. The van der Waals surface area contributed by atoms with E-state index in [4.69, 9.17) is 4.74 Å². The van der Waals surface area contributed by atoms with E-state index in [1.165, 1.54) is 60.4 Å². The minimum absolute atomic E-state index is 0.00236. The standard InChI is InChI=1S/C37H40F2N6O8S/c1-21(2)20-53-36(49)31(15-23-9-14-32(40-18-23)45-35(48)22(3)19-44(4)37(45)50)42-34(47)27-16-29(39)30(17-28(27)38)43-54(51,52)26-12-10-25(11-13-26)41-33(46)24-7-5-6-8-24/h9-14,16-19,21,24,31,43H,5-8,15,20H2,1-4H3,(H,41,46)(H,42,47)/t31-/m0/s1. The molecule has 2 aromatic carbocycles. The first kappa shape index (κ1) is 39.5. The van der Waals surface area contributed by atoms with Gasteiger partial charge < -0.3 is 19.9 Å². The van der Waals surface area contributed by atoms with Gasteiger partial charge in [-0.15, -0.1) is 0 Å². The quantitative estimate of drug-likeness (QED) is 0.169. The first-order valence-electron chi connectivity index (χ1n) is 17.2. The van der Waals surface area contributed by atoms with Crippen LogP contribution in [-0.2, 0) is 37.8 Å². The molecular weight excluding hydrogens is 727 g/mol. The van der Waals surface area contributed by atoms with Crippen molar-refractivity contribution in [2.45, 2.75) is 63.8 Å². The number of pyridine rings is 1. The molecule has 14 nitrogen and oxygen atoms in total. The molecule has 2 heterocycles. The van der Waals surface area contributed by atoms with Gasteiger partial charge in [0.15, 0.2) is 0 Å². The zero-order valence-electron chi connectivity index (χ0n) is 30.0. The lowest BCUT2D eigenvalue weighted by Crippen LogP contribution is -2.44. The molecule has 0 bridgehead atoms. The van der Waals surface area contributed by atoms with Crippen molar-refractivity contribution in [1.82, 2.24) is 19.4 Å². The third kappa shape index (κ3) is 9.25. The van der Waals surface area contributed by atoms with Crippen LogP contribution < -0.4 is 26.6 Å². The fraction of sp³-hybridized carbons (Fsp3) is 0.351. The summed E-state index contributed by atoms with van der Waals surface area (Å²) in [5.74, 6) is -4.94. The van der Waals surface area contributed by atoms with Crippen LogP contribution in [0, 0.1) is 30.4 Å². The topological polar surface area (TPSA) is 188 Å². The zero-order chi connectivity index (χ0) is 39.3. The highest BCUT2D eigenvalue weighted by Gasteiger charge is 2.28. The lowest BCUT2D eigenvalue weighted by molar-refractivity contribution is -0.147. The summed E-state index contributed by atoms with van der Waals surface area (Å²) < 4.78 is 66.1. The Bertz CT molecular complexity index is 2250. The lowest BCUT2D eigenvalue weighted by Gasteiger charge is -2.19. The molecule has 0 aliphatic heterocycles. The number of aromatic nitrogens is 3. The summed E-state index contributed by atoms with van der Waals surface area (Å²) in [6.07, 6.45) is 5.98. The number of halogens is 2. The van der Waals surface area contributed by atoms with Gasteiger partial charge >= 0.3 is 11.7 Å². The summed E-state index contributed by atoms with van der Waals surface area (Å²) in [7, 11) is -2.95. The van der Waals surface area contributed by atoms with Gasteiger partial charge in [0, 0.05) is 49.1 Å². The monoisotopic (exact) mass is 766 g/mol. The Balaban J connectivity index is 1.31. The minimum Gasteiger partial charge on any atom is -0.464 e. The largest absolute Gasteiger partial charge is 0.464 e. The summed E-state index contributed by atoms with van der Waals surface area (Å²) in [5.41, 5.74) is -1.74. The molecule has 1 saturated carbocycles. The number of carbonyl (C=O) groups excluding carboxylic acids is 3. The van der Waals surface area contributed by atoms with Crippen LogP contribution in [0.1, 0.15) is 61.0 Å². The number of anilines is 2. The smallest absolute Gasteiger partial charge is 0.336 e. The predicted molar refractivity (Wildman–Crippen MR) is 195 cm³/mol. The van der Waals surface area contributed by atoms with Crippen LogP contribution in [-0.4, -0.2) is 53.0 Å². The average molecular weight is 767 g/mol. The van der Waals surface area contributed by atoms with Crippen LogP contribution in [0.3, 0.4) is 0 Å². The van der Waals surface area contributed by atoms with Gasteiger partial charge in [0.1, 0.15) is 23.5 Å². The first-order chi connectivity index (χ1) is 25.5. The van der Waals surface area contributed by atoms with Gasteiger partial charge in [0.25, 0.3) is 21.5 Å². The molecule has 54 heavy (non-hydrogen) atoms. The number of nitrogens with one attached hydrogen (secondary N) is 3. The zero-order valence-corrected chi connectivity index (χ0v) is 30.8. The van der Waals surface area contributed by atoms with Crippen LogP contribution in [0.2, 0.25) is 0 Å². The van der Waals surface area contributed by atoms with Gasteiger partial charge in [0.05, 0.1) is 22.8 Å². The summed E-state index contributed by atoms with van der Waals surface area (Å²) in [6, 6.07) is 7.62. The number of esters is 1. The van der Waals surface area contributed by atoms with Crippen molar-refractivity contribution in [1.29, 1.82) is 0 Å². The van der Waals surface area contributed by atoms with Crippen LogP contribution in [0.15, 0.2) is 75.4 Å². The first-order valence-corrected chi connectivity index (χ1v) is 18.7. The van der Waals surface area contributed by atoms with Crippen molar-refractivity contribution in [2.24, 2.45) is 18.9 Å². The summed E-state index contributed by atoms with van der Waals surface area (Å²) in [5, 5.41) is 5.11. The highest BCUT2D eigenvalue weighted by atomic mass is 32.2. The average Bonchev–Trinajstić information content (AvgIpc) is 3.67. The van der Waals surface area contributed by atoms with Crippen LogP contribution in [0.25, 0.3) is 5.82 Å². The van der Waals surface area contributed by atoms with E-state index < -0.39 is 62.1 Å². The molecule has 5 rings (SSSR count). The number of sulfonamides is 1. The van der Waals surface area contributed by atoms with Crippen molar-refractivity contribution in [3.63, 3.8) is 0 Å². The maximum absolute atomic E-state index is 15.3. The molecular formula is C37H40F2N6O8S. The van der Waals surface area contributed by atoms with Crippen molar-refractivity contribution in [3.8, 4) is 5.82 Å². The van der Waals surface area contributed by atoms with Crippen LogP contribution in [0.5, 0.6) is 0 Å². The number of benzene rings is 2. The van der Waals surface area contributed by atoms with Gasteiger partial charge in [-0.1, -0.05) is 32.8 Å². The summed E-state index contributed by atoms with van der Waals surface area (Å²) in [4.78, 5) is 68.0. The fourth-order valence-corrected chi connectivity index (χ4v) is 6.92. The predicted octanol–water partition coefficient (Wildman–Crippen LogP) is 3.99. The van der Waals surface area contributed by atoms with E-state index in [9.17, 15) is 32.4 Å². The molecule has 1 aliphatic rings. The molecule has 0 spiro atoms. The van der Waals surface area contributed by atoms with Gasteiger partial charge in [-0.05, 0) is 67.6 Å². The van der Waals surface area contributed by atoms with Gasteiger partial charge in [-0.25, -0.2) is 36.3 Å². The van der Waals surface area contributed by atoms with Crippen molar-refractivity contribution in [3.05, 3.63) is 110 Å². The molecule has 0 unspecified atom stereocenters. The van der Waals surface area contributed by atoms with Crippen LogP contribution >= 0.6 is 0 Å². The Labute approximate surface area is 309 Å². The molecule has 0 saturated heterocycles. The SMILES string of the molecule is Cc1cn(C)c(=O)n(-c2ccc(C[C@H](NC(=O)c3cc(F)c(NS(=O)(=O)c4ccc(NC(=O)C5CCCC5)cc4)cc3F)C(=O)OCC(C)C)cn2)c1=O. The van der Waals surface area contributed by atoms with Crippen molar-refractivity contribution >= 4 is 39.2 Å². The maximum atomic E-state index is 15.3. The maximum Gasteiger partial charge on any atom is 0.336 e. The molecule has 1 atom stereocenters. The third-order valence-corrected chi connectivity index (χ3v) is 10.1. The fourth-order valence-electron chi connectivity index (χ4n) is 5.86. The van der Waals surface area contributed by atoms with E-state index in [1.54, 1.807) is 20.8 Å². The molecule has 3 N–H and O–H groups in total. The normalized spacial score (nSPS) is 13.8. The third-order valence-electron chi connectivity index (χ3n) is 8.75. The van der Waals surface area contributed by atoms with E-state index in [0.29, 0.717) is 28.9 Å². The molecule has 0 radical (unpaired) electrons. The molecule has 1 aliphatic carbocycles. The number of amides is 2. The molecule has 1 fully saturated rings. The second kappa shape index (κ2) is 16.5. The molecule has 2 aromatic heterocycles. The number of carbonyl (C=O) groups is 3. The van der Waals surface area contributed by atoms with Gasteiger partial charge in [-0.3, -0.25) is 19.1 Å². The number of aryl methyl sites for hydroxylation is 2. The van der Waals surface area contributed by atoms with E-state index in [2.05, 4.69) is 15.6 Å². The highest BCUT2D eigenvalue weighted by molar-refractivity contribution is 7.92. The van der Waals surface area contributed by atoms with Gasteiger partial charge in [-0.2, -0.15) is 0 Å².